The van der Waals surface area contributed by atoms with Crippen LogP contribution in [0.4, 0.5) is 17.5 Å². The number of nitrogens with one attached hydrogen (secondary N) is 1. The van der Waals surface area contributed by atoms with Gasteiger partial charge in [-0.05, 0) is 42.7 Å². The molecule has 3 rings (SSSR count). The van der Waals surface area contributed by atoms with Gasteiger partial charge in [0, 0.05) is 39.4 Å². The molecular weight excluding hydrogens is 418 g/mol. The zero-order valence-corrected chi connectivity index (χ0v) is 18.8. The number of aromatic nitrogens is 2. The zero-order valence-electron chi connectivity index (χ0n) is 17.3. The van der Waals surface area contributed by atoms with Crippen molar-refractivity contribution >= 4 is 40.0 Å². The smallest absolute Gasteiger partial charge is 0.222 e. The van der Waals surface area contributed by atoms with Gasteiger partial charge < -0.3 is 15.6 Å². The maximum Gasteiger partial charge on any atom is 0.222 e. The Bertz CT molecular complexity index is 1050. The number of nitrogen functional groups attached to an aromatic ring is 1. The van der Waals surface area contributed by atoms with Crippen LogP contribution in [0.1, 0.15) is 25.0 Å². The highest BCUT2D eigenvalue weighted by atomic mass is 35.5. The lowest BCUT2D eigenvalue weighted by molar-refractivity contribution is 0.639. The van der Waals surface area contributed by atoms with Crippen LogP contribution in [-0.2, 0) is 17.4 Å². The third kappa shape index (κ3) is 5.78. The van der Waals surface area contributed by atoms with E-state index in [-0.39, 0.29) is 11.2 Å². The molecule has 0 fully saturated rings. The van der Waals surface area contributed by atoms with Gasteiger partial charge in [0.1, 0.15) is 5.82 Å². The van der Waals surface area contributed by atoms with Gasteiger partial charge in [-0.3, -0.25) is 0 Å². The molecule has 30 heavy (non-hydrogen) atoms. The molecule has 1 heterocycles. The number of rotatable bonds is 7. The summed E-state index contributed by atoms with van der Waals surface area (Å²) in [6.45, 7) is 6.55. The Labute approximate surface area is 184 Å². The summed E-state index contributed by atoms with van der Waals surface area (Å²) in [7, 11) is -0.955. The summed E-state index contributed by atoms with van der Waals surface area (Å²) in [6, 6.07) is 15.5. The zero-order chi connectivity index (χ0) is 21.7. The van der Waals surface area contributed by atoms with Crippen molar-refractivity contribution in [2.75, 3.05) is 17.6 Å². The lowest BCUT2D eigenvalue weighted by Gasteiger charge is -2.11. The minimum atomic E-state index is -0.955. The van der Waals surface area contributed by atoms with Gasteiger partial charge in [-0.15, -0.1) is 0 Å². The summed E-state index contributed by atoms with van der Waals surface area (Å²) in [6.07, 6.45) is 0.810. The number of hydrogen-bond donors (Lipinski definition) is 3. The first-order valence-corrected chi connectivity index (χ1v) is 11.3. The molecule has 0 saturated carbocycles. The van der Waals surface area contributed by atoms with E-state index in [1.54, 1.807) is 0 Å². The maximum atomic E-state index is 9.90. The number of anilines is 2. The molecule has 0 spiro atoms. The van der Waals surface area contributed by atoms with Crippen LogP contribution in [0.15, 0.2) is 52.9 Å². The van der Waals surface area contributed by atoms with Gasteiger partial charge in [0.2, 0.25) is 5.95 Å². The Morgan fingerprint density at radius 3 is 2.60 bits per heavy atom. The van der Waals surface area contributed by atoms with Crippen LogP contribution in [0, 0.1) is 6.92 Å². The van der Waals surface area contributed by atoms with Crippen LogP contribution < -0.4 is 11.1 Å². The second kappa shape index (κ2) is 10.0. The number of benzene rings is 2. The van der Waals surface area contributed by atoms with E-state index in [0.29, 0.717) is 17.4 Å². The lowest BCUT2D eigenvalue weighted by atomic mass is 10.1. The fourth-order valence-corrected chi connectivity index (χ4v) is 3.57. The van der Waals surface area contributed by atoms with Crippen molar-refractivity contribution in [1.29, 1.82) is 0 Å². The molecule has 0 radical (unpaired) electrons. The molecule has 2 aromatic carbocycles. The molecule has 0 amide bonds. The Hall–Kier alpha value is -2.48. The molecule has 1 aromatic heterocycles. The van der Waals surface area contributed by atoms with E-state index < -0.39 is 11.0 Å². The molecule has 6 nitrogen and oxygen atoms in total. The van der Waals surface area contributed by atoms with Crippen LogP contribution in [0.2, 0.25) is 5.02 Å². The van der Waals surface area contributed by atoms with Gasteiger partial charge in [0.25, 0.3) is 0 Å². The third-order valence-electron chi connectivity index (χ3n) is 4.56. The summed E-state index contributed by atoms with van der Waals surface area (Å²) in [5, 5.41) is 4.12. The molecule has 4 N–H and O–H groups in total. The van der Waals surface area contributed by atoms with Gasteiger partial charge in [-0.2, -0.15) is 4.98 Å². The van der Waals surface area contributed by atoms with Crippen LogP contribution in [0.3, 0.4) is 0 Å². The van der Waals surface area contributed by atoms with Crippen molar-refractivity contribution in [2.45, 2.75) is 32.4 Å². The topological polar surface area (TPSA) is 96.4 Å². The van der Waals surface area contributed by atoms with E-state index in [9.17, 15) is 4.55 Å². The van der Waals surface area contributed by atoms with Crippen molar-refractivity contribution in [3.05, 3.63) is 64.7 Å². The molecule has 1 atom stereocenters. The van der Waals surface area contributed by atoms with Crippen molar-refractivity contribution < 1.29 is 4.55 Å². The Kier molecular flexibility index (Phi) is 7.42. The van der Waals surface area contributed by atoms with Crippen molar-refractivity contribution in [2.24, 2.45) is 4.36 Å². The quantitative estimate of drug-likeness (QED) is 0.438. The van der Waals surface area contributed by atoms with Crippen LogP contribution in [-0.4, -0.2) is 26.3 Å². The summed E-state index contributed by atoms with van der Waals surface area (Å²) < 4.78 is 14.2. The molecule has 0 aliphatic rings. The normalized spacial score (nSPS) is 12.3. The fourth-order valence-electron chi connectivity index (χ4n) is 2.85. The summed E-state index contributed by atoms with van der Waals surface area (Å²) >= 11 is 6.24. The first-order valence-electron chi connectivity index (χ1n) is 9.70. The first kappa shape index (κ1) is 22.2. The van der Waals surface area contributed by atoms with Crippen LogP contribution in [0.25, 0.3) is 11.3 Å². The molecule has 1 unspecified atom stereocenters. The number of nitrogens with zero attached hydrogens (tertiary/aromatic N) is 3. The van der Waals surface area contributed by atoms with Gasteiger partial charge in [-0.1, -0.05) is 49.7 Å². The molecule has 0 saturated heterocycles. The monoisotopic (exact) mass is 443 g/mol. The second-order valence-electron chi connectivity index (χ2n) is 7.18. The van der Waals surface area contributed by atoms with E-state index in [0.717, 1.165) is 34.5 Å². The van der Waals surface area contributed by atoms with Crippen LogP contribution >= 0.6 is 11.6 Å². The molecule has 0 aliphatic heterocycles. The Morgan fingerprint density at radius 2 is 1.90 bits per heavy atom. The lowest BCUT2D eigenvalue weighted by Crippen LogP contribution is -2.08. The standard InChI is InChI=1S/C22H26ClN5OS/c1-14(2)30(29)28-17-9-7-16(8-10-17)11-12-25-21-13-20(26-22(24)27-21)18-5-4-6-19(23)15(18)3/h4-10,13-14H,11-12H2,1-3H3,(H,28,29)(H3,24,25,26,27). The van der Waals surface area contributed by atoms with Gasteiger partial charge in [0.15, 0.2) is 0 Å². The SMILES string of the molecule is Cc1c(Cl)cccc1-c1cc(NCCc2ccc(/N=S(/O)C(C)C)cc2)nc(N)n1. The third-order valence-corrected chi connectivity index (χ3v) is 6.21. The predicted molar refractivity (Wildman–Crippen MR) is 127 cm³/mol. The molecule has 0 aliphatic carbocycles. The summed E-state index contributed by atoms with van der Waals surface area (Å²) in [5.41, 5.74) is 10.5. The second-order valence-corrected chi connectivity index (χ2v) is 9.30. The van der Waals surface area contributed by atoms with E-state index in [1.165, 1.54) is 0 Å². The maximum absolute atomic E-state index is 9.90. The van der Waals surface area contributed by atoms with Crippen molar-refractivity contribution in [3.8, 4) is 11.3 Å². The molecule has 158 valence electrons. The van der Waals surface area contributed by atoms with Gasteiger partial charge in [0.05, 0.1) is 11.4 Å². The number of hydrogen-bond acceptors (Lipinski definition) is 5. The van der Waals surface area contributed by atoms with E-state index in [1.807, 2.05) is 69.3 Å². The van der Waals surface area contributed by atoms with E-state index in [2.05, 4.69) is 19.6 Å². The van der Waals surface area contributed by atoms with E-state index in [4.69, 9.17) is 17.3 Å². The minimum Gasteiger partial charge on any atom is -0.370 e. The van der Waals surface area contributed by atoms with Gasteiger partial charge in [-0.25, -0.2) is 9.35 Å². The van der Waals surface area contributed by atoms with Crippen LogP contribution in [0.5, 0.6) is 0 Å². The highest BCUT2D eigenvalue weighted by Gasteiger charge is 2.09. The van der Waals surface area contributed by atoms with Crippen molar-refractivity contribution in [3.63, 3.8) is 0 Å². The Morgan fingerprint density at radius 1 is 1.17 bits per heavy atom. The number of halogens is 1. The minimum absolute atomic E-state index is 0.120. The first-order chi connectivity index (χ1) is 14.3. The predicted octanol–water partition coefficient (Wildman–Crippen LogP) is 5.66. The molecule has 0 bridgehead atoms. The molecular formula is C22H26ClN5OS. The Balaban J connectivity index is 1.66. The summed E-state index contributed by atoms with van der Waals surface area (Å²) in [4.78, 5) is 8.64. The molecule has 8 heteroatoms. The van der Waals surface area contributed by atoms with Gasteiger partial charge >= 0.3 is 0 Å². The van der Waals surface area contributed by atoms with E-state index >= 15 is 0 Å². The molecule has 3 aromatic rings. The summed E-state index contributed by atoms with van der Waals surface area (Å²) in [5.74, 6) is 0.884. The fraction of sp³-hybridized carbons (Fsp3) is 0.273. The average Bonchev–Trinajstić information content (AvgIpc) is 2.71. The highest BCUT2D eigenvalue weighted by molar-refractivity contribution is 7.82. The average molecular weight is 444 g/mol. The van der Waals surface area contributed by atoms with Crippen molar-refractivity contribution in [1.82, 2.24) is 9.97 Å². The number of nitrogens with two attached hydrogens (primary N) is 1. The highest BCUT2D eigenvalue weighted by Crippen LogP contribution is 2.28. The largest absolute Gasteiger partial charge is 0.370 e.